The zero-order chi connectivity index (χ0) is 10.8. The van der Waals surface area contributed by atoms with Crippen LogP contribution in [0.3, 0.4) is 0 Å². The molecule has 2 heterocycles. The summed E-state index contributed by atoms with van der Waals surface area (Å²) in [6.07, 6.45) is 0.788. The lowest BCUT2D eigenvalue weighted by atomic mass is 10.4. The highest BCUT2D eigenvalue weighted by atomic mass is 35.5. The van der Waals surface area contributed by atoms with Crippen LogP contribution in [0.2, 0.25) is 0 Å². The molecule has 0 radical (unpaired) electrons. The van der Waals surface area contributed by atoms with Gasteiger partial charge in [-0.2, -0.15) is 0 Å². The van der Waals surface area contributed by atoms with Crippen LogP contribution in [0.4, 0.5) is 0 Å². The maximum atomic E-state index is 5.66. The van der Waals surface area contributed by atoms with Crippen molar-refractivity contribution in [1.82, 2.24) is 15.2 Å². The summed E-state index contributed by atoms with van der Waals surface area (Å²) in [5.41, 5.74) is 1.03. The highest BCUT2D eigenvalue weighted by Crippen LogP contribution is 2.31. The molecule has 2 rings (SSSR count). The molecule has 0 aliphatic rings. The zero-order valence-corrected chi connectivity index (χ0v) is 10.8. The fourth-order valence-corrected chi connectivity index (χ4v) is 3.43. The normalized spacial score (nSPS) is 10.9. The number of aryl methyl sites for hydroxylation is 3. The SMILES string of the molecule is Cc1nc(C)c(-c2nnc(CCCl)s2)s1. The van der Waals surface area contributed by atoms with Crippen LogP contribution in [-0.4, -0.2) is 21.1 Å². The maximum absolute atomic E-state index is 5.66. The minimum Gasteiger partial charge on any atom is -0.246 e. The zero-order valence-electron chi connectivity index (χ0n) is 8.45. The molecule has 0 atom stereocenters. The molecule has 3 nitrogen and oxygen atoms in total. The van der Waals surface area contributed by atoms with Crippen molar-refractivity contribution in [1.29, 1.82) is 0 Å². The van der Waals surface area contributed by atoms with Crippen molar-refractivity contribution in [2.45, 2.75) is 20.3 Å². The van der Waals surface area contributed by atoms with Gasteiger partial charge in [0.1, 0.15) is 5.01 Å². The van der Waals surface area contributed by atoms with Gasteiger partial charge >= 0.3 is 0 Å². The highest BCUT2D eigenvalue weighted by molar-refractivity contribution is 7.21. The molecule has 0 unspecified atom stereocenters. The third-order valence-electron chi connectivity index (χ3n) is 1.87. The van der Waals surface area contributed by atoms with Crippen LogP contribution in [0, 0.1) is 13.8 Å². The summed E-state index contributed by atoms with van der Waals surface area (Å²) in [4.78, 5) is 5.50. The molecular weight excluding hydrogens is 250 g/mol. The average molecular weight is 260 g/mol. The number of thiazole rings is 1. The van der Waals surface area contributed by atoms with Crippen molar-refractivity contribution >= 4 is 34.3 Å². The number of nitrogens with zero attached hydrogens (tertiary/aromatic N) is 3. The van der Waals surface area contributed by atoms with E-state index in [1.807, 2.05) is 13.8 Å². The van der Waals surface area contributed by atoms with Crippen molar-refractivity contribution in [3.63, 3.8) is 0 Å². The third kappa shape index (κ3) is 2.35. The fourth-order valence-electron chi connectivity index (χ4n) is 1.26. The second-order valence-corrected chi connectivity index (χ2v) is 5.73. The predicted molar refractivity (Wildman–Crippen MR) is 64.9 cm³/mol. The number of halogens is 1. The van der Waals surface area contributed by atoms with Gasteiger partial charge in [0, 0.05) is 12.3 Å². The Morgan fingerprint density at radius 3 is 2.60 bits per heavy atom. The summed E-state index contributed by atoms with van der Waals surface area (Å²) in [5.74, 6) is 0.593. The van der Waals surface area contributed by atoms with Crippen molar-refractivity contribution < 1.29 is 0 Å². The summed E-state index contributed by atoms with van der Waals surface area (Å²) in [6, 6.07) is 0. The van der Waals surface area contributed by atoms with Crippen LogP contribution >= 0.6 is 34.3 Å². The number of hydrogen-bond donors (Lipinski definition) is 0. The van der Waals surface area contributed by atoms with E-state index in [0.29, 0.717) is 5.88 Å². The molecule has 0 saturated heterocycles. The molecular formula is C9H10ClN3S2. The molecule has 0 amide bonds. The first-order valence-electron chi connectivity index (χ1n) is 4.53. The van der Waals surface area contributed by atoms with Crippen molar-refractivity contribution in [3.05, 3.63) is 15.7 Å². The quantitative estimate of drug-likeness (QED) is 0.796. The molecule has 0 N–H and O–H groups in total. The lowest BCUT2D eigenvalue weighted by Crippen LogP contribution is -1.82. The lowest BCUT2D eigenvalue weighted by molar-refractivity contribution is 0.990. The number of aromatic nitrogens is 3. The van der Waals surface area contributed by atoms with E-state index in [-0.39, 0.29) is 0 Å². The standard InChI is InChI=1S/C9H10ClN3S2/c1-5-8(14-6(2)11-5)9-13-12-7(15-9)3-4-10/h3-4H2,1-2H3. The second kappa shape index (κ2) is 4.55. The van der Waals surface area contributed by atoms with Gasteiger partial charge in [0.25, 0.3) is 0 Å². The Labute approximate surface area is 101 Å². The smallest absolute Gasteiger partial charge is 0.159 e. The van der Waals surface area contributed by atoms with E-state index in [4.69, 9.17) is 11.6 Å². The summed E-state index contributed by atoms with van der Waals surface area (Å²) in [7, 11) is 0. The van der Waals surface area contributed by atoms with E-state index in [2.05, 4.69) is 15.2 Å². The Morgan fingerprint density at radius 1 is 1.20 bits per heavy atom. The minimum absolute atomic E-state index is 0.593. The first-order chi connectivity index (χ1) is 7.20. The van der Waals surface area contributed by atoms with Gasteiger partial charge in [0.2, 0.25) is 0 Å². The Morgan fingerprint density at radius 2 is 2.00 bits per heavy atom. The van der Waals surface area contributed by atoms with Crippen LogP contribution in [0.25, 0.3) is 9.88 Å². The van der Waals surface area contributed by atoms with Gasteiger partial charge in [-0.15, -0.1) is 33.1 Å². The number of hydrogen-bond acceptors (Lipinski definition) is 5. The van der Waals surface area contributed by atoms with E-state index in [1.54, 1.807) is 22.7 Å². The molecule has 0 fully saturated rings. The molecule has 0 saturated carbocycles. The minimum atomic E-state index is 0.593. The average Bonchev–Trinajstić information content (AvgIpc) is 2.73. The van der Waals surface area contributed by atoms with Crippen LogP contribution in [0.15, 0.2) is 0 Å². The molecule has 0 aliphatic carbocycles. The number of rotatable bonds is 3. The van der Waals surface area contributed by atoms with Crippen molar-refractivity contribution in [2.24, 2.45) is 0 Å². The molecule has 80 valence electrons. The van der Waals surface area contributed by atoms with Gasteiger partial charge < -0.3 is 0 Å². The summed E-state index contributed by atoms with van der Waals surface area (Å²) >= 11 is 8.92. The molecule has 15 heavy (non-hydrogen) atoms. The first-order valence-corrected chi connectivity index (χ1v) is 6.70. The fraction of sp³-hybridized carbons (Fsp3) is 0.444. The van der Waals surface area contributed by atoms with Crippen LogP contribution in [-0.2, 0) is 6.42 Å². The lowest BCUT2D eigenvalue weighted by Gasteiger charge is -1.88. The van der Waals surface area contributed by atoms with Gasteiger partial charge in [-0.25, -0.2) is 4.98 Å². The van der Waals surface area contributed by atoms with Gasteiger partial charge in [0.05, 0.1) is 15.6 Å². The van der Waals surface area contributed by atoms with Crippen molar-refractivity contribution in [3.8, 4) is 9.88 Å². The van der Waals surface area contributed by atoms with Gasteiger partial charge in [-0.1, -0.05) is 11.3 Å². The van der Waals surface area contributed by atoms with E-state index in [0.717, 1.165) is 32.0 Å². The predicted octanol–water partition coefficient (Wildman–Crippen LogP) is 3.06. The Balaban J connectivity index is 2.32. The highest BCUT2D eigenvalue weighted by Gasteiger charge is 2.12. The number of alkyl halides is 1. The summed E-state index contributed by atoms with van der Waals surface area (Å²) in [5, 5.41) is 11.3. The molecule has 0 spiro atoms. The van der Waals surface area contributed by atoms with Crippen LogP contribution in [0.5, 0.6) is 0 Å². The van der Waals surface area contributed by atoms with Gasteiger partial charge in [0.15, 0.2) is 5.01 Å². The molecule has 0 aliphatic heterocycles. The monoisotopic (exact) mass is 259 g/mol. The van der Waals surface area contributed by atoms with E-state index >= 15 is 0 Å². The molecule has 2 aromatic rings. The topological polar surface area (TPSA) is 38.7 Å². The third-order valence-corrected chi connectivity index (χ3v) is 4.27. The second-order valence-electron chi connectivity index (χ2n) is 3.09. The molecule has 0 bridgehead atoms. The molecule has 6 heteroatoms. The van der Waals surface area contributed by atoms with Crippen LogP contribution < -0.4 is 0 Å². The van der Waals surface area contributed by atoms with Crippen molar-refractivity contribution in [2.75, 3.05) is 5.88 Å². The Bertz CT molecular complexity index is 464. The van der Waals surface area contributed by atoms with E-state index in [1.165, 1.54) is 0 Å². The first kappa shape index (κ1) is 11.0. The Kier molecular flexibility index (Phi) is 3.33. The summed E-state index contributed by atoms with van der Waals surface area (Å²) in [6.45, 7) is 4.00. The molecule has 0 aromatic carbocycles. The van der Waals surface area contributed by atoms with E-state index < -0.39 is 0 Å². The van der Waals surface area contributed by atoms with E-state index in [9.17, 15) is 0 Å². The van der Waals surface area contributed by atoms with Gasteiger partial charge in [-0.3, -0.25) is 0 Å². The summed E-state index contributed by atoms with van der Waals surface area (Å²) < 4.78 is 0. The maximum Gasteiger partial charge on any atom is 0.159 e. The largest absolute Gasteiger partial charge is 0.246 e. The van der Waals surface area contributed by atoms with Gasteiger partial charge in [-0.05, 0) is 13.8 Å². The Hall–Kier alpha value is -0.520. The van der Waals surface area contributed by atoms with Crippen LogP contribution in [0.1, 0.15) is 15.7 Å². The molecule has 2 aromatic heterocycles.